The number of aryl methyl sites for hydroxylation is 3. The second kappa shape index (κ2) is 9.16. The lowest BCUT2D eigenvalue weighted by atomic mass is 10.1. The zero-order valence-corrected chi connectivity index (χ0v) is 24.5. The fourth-order valence-electron chi connectivity index (χ4n) is 7.32. The Morgan fingerprint density at radius 2 is 1.93 bits per heavy atom. The molecule has 3 aliphatic rings. The van der Waals surface area contributed by atoms with Crippen molar-refractivity contribution in [2.45, 2.75) is 51.2 Å². The van der Waals surface area contributed by atoms with E-state index in [-0.39, 0.29) is 18.0 Å². The summed E-state index contributed by atoms with van der Waals surface area (Å²) in [5, 5.41) is 5.60. The number of likely N-dealkylation sites (tertiary alicyclic amines) is 1. The molecule has 10 heteroatoms. The normalized spacial score (nSPS) is 21.7. The lowest BCUT2D eigenvalue weighted by molar-refractivity contribution is 0.0700. The predicted octanol–water partition coefficient (Wildman–Crippen LogP) is 4.28. The Kier molecular flexibility index (Phi) is 5.57. The number of pyridine rings is 1. The zero-order valence-electron chi connectivity index (χ0n) is 24.5. The molecule has 1 amide bonds. The lowest BCUT2D eigenvalue weighted by Crippen LogP contribution is -2.41. The Labute approximate surface area is 244 Å². The minimum absolute atomic E-state index is 0.00956. The van der Waals surface area contributed by atoms with E-state index in [9.17, 15) is 4.79 Å². The summed E-state index contributed by atoms with van der Waals surface area (Å²) in [6.45, 7) is 3.64. The SMILES string of the molecule is COc1cc(C(=O)N2CC3CCC2[C@@H]3N)cc2nc(-c3cc4ccc(-c5cn(C)nc5C)nc4n3CC3CC3)n(C)c12. The Balaban J connectivity index is 1.25. The summed E-state index contributed by atoms with van der Waals surface area (Å²) in [7, 11) is 5.61. The van der Waals surface area contributed by atoms with Crippen LogP contribution in [0.2, 0.25) is 0 Å². The number of ether oxygens (including phenoxy) is 1. The van der Waals surface area contributed by atoms with Gasteiger partial charge in [-0.25, -0.2) is 9.97 Å². The van der Waals surface area contributed by atoms with Crippen LogP contribution in [0.15, 0.2) is 36.5 Å². The Morgan fingerprint density at radius 3 is 2.60 bits per heavy atom. The van der Waals surface area contributed by atoms with Crippen molar-refractivity contribution in [3.05, 3.63) is 47.8 Å². The van der Waals surface area contributed by atoms with Crippen molar-refractivity contribution < 1.29 is 9.53 Å². The summed E-state index contributed by atoms with van der Waals surface area (Å²) in [6, 6.07) is 10.4. The van der Waals surface area contributed by atoms with Crippen LogP contribution in [0.1, 0.15) is 41.7 Å². The molecule has 1 aromatic carbocycles. The number of rotatable bonds is 6. The van der Waals surface area contributed by atoms with Crippen molar-refractivity contribution in [3.63, 3.8) is 0 Å². The molecule has 2 bridgehead atoms. The third kappa shape index (κ3) is 3.81. The van der Waals surface area contributed by atoms with Gasteiger partial charge in [0.2, 0.25) is 0 Å². The molecule has 0 radical (unpaired) electrons. The van der Waals surface area contributed by atoms with Crippen molar-refractivity contribution >= 4 is 28.0 Å². The summed E-state index contributed by atoms with van der Waals surface area (Å²) in [5.74, 6) is 2.52. The molecule has 3 fully saturated rings. The third-order valence-electron chi connectivity index (χ3n) is 9.72. The quantitative estimate of drug-likeness (QED) is 0.330. The molecular formula is C32H36N8O2. The first kappa shape index (κ1) is 25.5. The highest BCUT2D eigenvalue weighted by Gasteiger charge is 2.47. The number of benzene rings is 1. The van der Waals surface area contributed by atoms with E-state index in [0.717, 1.165) is 76.5 Å². The maximum Gasteiger partial charge on any atom is 0.254 e. The number of piperidine rings is 1. The zero-order chi connectivity index (χ0) is 28.9. The maximum atomic E-state index is 13.7. The predicted molar refractivity (Wildman–Crippen MR) is 161 cm³/mol. The van der Waals surface area contributed by atoms with E-state index in [1.165, 1.54) is 12.8 Å². The average molecular weight is 565 g/mol. The van der Waals surface area contributed by atoms with E-state index >= 15 is 0 Å². The molecule has 3 atom stereocenters. The van der Waals surface area contributed by atoms with Crippen LogP contribution in [-0.2, 0) is 20.6 Å². The average Bonchev–Trinajstić information content (AvgIpc) is 3.17. The van der Waals surface area contributed by atoms with Crippen molar-refractivity contribution in [2.24, 2.45) is 31.7 Å². The molecule has 1 aliphatic heterocycles. The number of nitrogens with two attached hydrogens (primary N) is 1. The van der Waals surface area contributed by atoms with Crippen LogP contribution in [0.3, 0.4) is 0 Å². The molecule has 5 heterocycles. The third-order valence-corrected chi connectivity index (χ3v) is 9.72. The number of imidazole rings is 1. The summed E-state index contributed by atoms with van der Waals surface area (Å²) >= 11 is 0. The molecule has 2 saturated carbocycles. The number of hydrogen-bond acceptors (Lipinski definition) is 6. The van der Waals surface area contributed by atoms with Gasteiger partial charge in [0.05, 0.1) is 29.7 Å². The number of fused-ring (bicyclic) bond motifs is 4. The van der Waals surface area contributed by atoms with Crippen LogP contribution in [0, 0.1) is 18.8 Å². The van der Waals surface area contributed by atoms with E-state index in [1.54, 1.807) is 7.11 Å². The van der Waals surface area contributed by atoms with E-state index in [2.05, 4.69) is 32.4 Å². The molecule has 1 saturated heterocycles. The van der Waals surface area contributed by atoms with Gasteiger partial charge in [-0.15, -0.1) is 0 Å². The number of methoxy groups -OCH3 is 1. The number of aromatic nitrogens is 6. The van der Waals surface area contributed by atoms with E-state index in [0.29, 0.717) is 23.1 Å². The molecule has 5 aromatic rings. The van der Waals surface area contributed by atoms with Crippen LogP contribution in [0.5, 0.6) is 5.75 Å². The largest absolute Gasteiger partial charge is 0.494 e. The summed E-state index contributed by atoms with van der Waals surface area (Å²) in [5.41, 5.74) is 13.5. The van der Waals surface area contributed by atoms with Crippen LogP contribution >= 0.6 is 0 Å². The minimum Gasteiger partial charge on any atom is -0.494 e. The summed E-state index contributed by atoms with van der Waals surface area (Å²) in [4.78, 5) is 25.9. The van der Waals surface area contributed by atoms with Crippen molar-refractivity contribution in [1.29, 1.82) is 0 Å². The topological polar surface area (TPSA) is 109 Å². The first-order valence-electron chi connectivity index (χ1n) is 14.9. The molecule has 42 heavy (non-hydrogen) atoms. The minimum atomic E-state index is 0.00956. The van der Waals surface area contributed by atoms with Gasteiger partial charge < -0.3 is 24.5 Å². The monoisotopic (exact) mass is 564 g/mol. The van der Waals surface area contributed by atoms with E-state index < -0.39 is 0 Å². The standard InChI is InChI=1S/C32H36N8O2/c1-17-22(16-37(2)36-17)23-9-7-19-12-26(39(30(19)34-23)14-18-5-6-18)31-35-24-11-21(13-27(42-4)29(24)38(31)3)32(41)40-15-20-8-10-25(40)28(20)33/h7,9,11-13,16,18,20,25,28H,5-6,8,10,14-15,33H2,1-4H3/t20?,25?,28-/m1/s1. The Hall–Kier alpha value is -4.18. The fraction of sp³-hybridized carbons (Fsp3) is 0.438. The van der Waals surface area contributed by atoms with Crippen LogP contribution in [0.4, 0.5) is 0 Å². The van der Waals surface area contributed by atoms with Crippen LogP contribution < -0.4 is 10.5 Å². The molecule has 2 unspecified atom stereocenters. The van der Waals surface area contributed by atoms with Gasteiger partial charge in [0.1, 0.15) is 16.9 Å². The molecular weight excluding hydrogens is 528 g/mol. The number of amides is 1. The Bertz CT molecular complexity index is 1890. The van der Waals surface area contributed by atoms with Gasteiger partial charge in [0.15, 0.2) is 5.82 Å². The van der Waals surface area contributed by atoms with Gasteiger partial charge in [0.25, 0.3) is 5.91 Å². The maximum absolute atomic E-state index is 13.7. The smallest absolute Gasteiger partial charge is 0.254 e. The molecule has 0 spiro atoms. The molecule has 216 valence electrons. The lowest BCUT2D eigenvalue weighted by Gasteiger charge is -2.27. The first-order valence-corrected chi connectivity index (χ1v) is 14.9. The highest BCUT2D eigenvalue weighted by atomic mass is 16.5. The van der Waals surface area contributed by atoms with Crippen molar-refractivity contribution in [3.8, 4) is 28.5 Å². The second-order valence-corrected chi connectivity index (χ2v) is 12.5. The van der Waals surface area contributed by atoms with Crippen LogP contribution in [-0.4, -0.2) is 65.4 Å². The number of carbonyl (C=O) groups excluding carboxylic acids is 1. The molecule has 4 aromatic heterocycles. The van der Waals surface area contributed by atoms with Gasteiger partial charge in [-0.3, -0.25) is 9.48 Å². The second-order valence-electron chi connectivity index (χ2n) is 12.5. The van der Waals surface area contributed by atoms with Gasteiger partial charge in [-0.2, -0.15) is 5.10 Å². The molecule has 2 N–H and O–H groups in total. The number of carbonyl (C=O) groups is 1. The van der Waals surface area contributed by atoms with Gasteiger partial charge in [-0.05, 0) is 74.8 Å². The van der Waals surface area contributed by atoms with Gasteiger partial charge >= 0.3 is 0 Å². The number of nitrogens with zero attached hydrogens (tertiary/aromatic N) is 7. The van der Waals surface area contributed by atoms with Crippen molar-refractivity contribution in [1.82, 2.24) is 33.8 Å². The molecule has 8 rings (SSSR count). The first-order chi connectivity index (χ1) is 20.3. The van der Waals surface area contributed by atoms with Crippen molar-refractivity contribution in [2.75, 3.05) is 13.7 Å². The molecule has 10 nitrogen and oxygen atoms in total. The summed E-state index contributed by atoms with van der Waals surface area (Å²) in [6.07, 6.45) is 6.56. The molecule has 2 aliphatic carbocycles. The van der Waals surface area contributed by atoms with E-state index in [1.807, 2.05) is 48.9 Å². The fourth-order valence-corrected chi connectivity index (χ4v) is 7.32. The van der Waals surface area contributed by atoms with Gasteiger partial charge in [0, 0.05) is 62.0 Å². The summed E-state index contributed by atoms with van der Waals surface area (Å²) < 4.78 is 12.1. The van der Waals surface area contributed by atoms with E-state index in [4.69, 9.17) is 20.4 Å². The van der Waals surface area contributed by atoms with Crippen LogP contribution in [0.25, 0.3) is 44.8 Å². The number of hydrogen-bond donors (Lipinski definition) is 1. The highest BCUT2D eigenvalue weighted by Crippen LogP contribution is 2.40. The highest BCUT2D eigenvalue weighted by molar-refractivity contribution is 6.00. The Morgan fingerprint density at radius 1 is 1.10 bits per heavy atom. The van der Waals surface area contributed by atoms with Gasteiger partial charge in [-0.1, -0.05) is 0 Å².